The summed E-state index contributed by atoms with van der Waals surface area (Å²) in [7, 11) is 1.65. The molecular weight excluding hydrogens is 392 g/mol. The number of hydrogen-bond acceptors (Lipinski definition) is 5. The van der Waals surface area contributed by atoms with Crippen molar-refractivity contribution in [2.45, 2.75) is 24.7 Å². The number of nitrogens with zero attached hydrogens (tertiary/aromatic N) is 1. The quantitative estimate of drug-likeness (QED) is 0.630. The maximum absolute atomic E-state index is 12.7. The van der Waals surface area contributed by atoms with Crippen LogP contribution in [0.25, 0.3) is 0 Å². The van der Waals surface area contributed by atoms with Crippen LogP contribution in [0.2, 0.25) is 5.02 Å². The van der Waals surface area contributed by atoms with Crippen molar-refractivity contribution >= 4 is 17.5 Å². The predicted molar refractivity (Wildman–Crippen MR) is 112 cm³/mol. The van der Waals surface area contributed by atoms with E-state index in [9.17, 15) is 4.79 Å². The first-order chi connectivity index (χ1) is 14.1. The Labute approximate surface area is 176 Å². The second-order valence-corrected chi connectivity index (χ2v) is 7.54. The van der Waals surface area contributed by atoms with Crippen molar-refractivity contribution in [1.29, 1.82) is 0 Å². The van der Waals surface area contributed by atoms with Crippen LogP contribution in [0, 0.1) is 0 Å². The van der Waals surface area contributed by atoms with Gasteiger partial charge in [0.25, 0.3) is 5.91 Å². The lowest BCUT2D eigenvalue weighted by Crippen LogP contribution is -2.44. The van der Waals surface area contributed by atoms with Crippen LogP contribution < -0.4 is 10.1 Å². The van der Waals surface area contributed by atoms with Gasteiger partial charge in [-0.1, -0.05) is 29.8 Å². The molecule has 7 heteroatoms. The Bertz CT molecular complexity index is 792. The molecule has 0 saturated carbocycles. The molecule has 0 spiro atoms. The minimum atomic E-state index is -0.232. The molecule has 1 aliphatic heterocycles. The second-order valence-electron chi connectivity index (χ2n) is 7.14. The van der Waals surface area contributed by atoms with Crippen molar-refractivity contribution in [3.8, 4) is 5.88 Å². The summed E-state index contributed by atoms with van der Waals surface area (Å²) in [5.74, 6) is 0.330. The summed E-state index contributed by atoms with van der Waals surface area (Å²) in [5.41, 5.74) is 1.32. The summed E-state index contributed by atoms with van der Waals surface area (Å²) in [6.45, 7) is 2.96. The summed E-state index contributed by atoms with van der Waals surface area (Å²) in [6.07, 6.45) is 3.94. The van der Waals surface area contributed by atoms with Crippen LogP contribution in [-0.4, -0.2) is 51.0 Å². The smallest absolute Gasteiger partial charge is 0.252 e. The number of ether oxygens (including phenoxy) is 3. The fourth-order valence-electron chi connectivity index (χ4n) is 3.53. The number of methoxy groups -OCH3 is 1. The van der Waals surface area contributed by atoms with E-state index in [0.29, 0.717) is 44.4 Å². The molecule has 1 saturated heterocycles. The van der Waals surface area contributed by atoms with Crippen LogP contribution in [0.3, 0.4) is 0 Å². The third-order valence-corrected chi connectivity index (χ3v) is 5.55. The number of hydrogen-bond donors (Lipinski definition) is 1. The Morgan fingerprint density at radius 3 is 2.69 bits per heavy atom. The normalized spacial score (nSPS) is 15.7. The lowest BCUT2D eigenvalue weighted by atomic mass is 9.74. The maximum atomic E-state index is 12.7. The van der Waals surface area contributed by atoms with Gasteiger partial charge in [0.15, 0.2) is 0 Å². The molecule has 1 fully saturated rings. The highest BCUT2D eigenvalue weighted by Crippen LogP contribution is 2.38. The van der Waals surface area contributed by atoms with Crippen LogP contribution >= 0.6 is 11.6 Å². The van der Waals surface area contributed by atoms with Gasteiger partial charge in [-0.05, 0) is 30.5 Å². The van der Waals surface area contributed by atoms with Crippen molar-refractivity contribution in [3.63, 3.8) is 0 Å². The van der Waals surface area contributed by atoms with Crippen LogP contribution in [0.4, 0.5) is 0 Å². The molecule has 1 amide bonds. The van der Waals surface area contributed by atoms with E-state index in [4.69, 9.17) is 25.8 Å². The molecule has 3 rings (SSSR count). The van der Waals surface area contributed by atoms with E-state index < -0.39 is 0 Å². The summed E-state index contributed by atoms with van der Waals surface area (Å²) in [5, 5.41) is 3.79. The Morgan fingerprint density at radius 2 is 2.00 bits per heavy atom. The fourth-order valence-corrected chi connectivity index (χ4v) is 3.86. The number of carbonyl (C=O) groups is 1. The van der Waals surface area contributed by atoms with Crippen LogP contribution in [0.15, 0.2) is 42.6 Å². The molecule has 0 bridgehead atoms. The Balaban J connectivity index is 1.62. The molecule has 2 aromatic rings. The Kier molecular flexibility index (Phi) is 7.86. The zero-order valence-corrected chi connectivity index (χ0v) is 17.4. The fraction of sp³-hybridized carbons (Fsp3) is 0.455. The lowest BCUT2D eigenvalue weighted by molar-refractivity contribution is 0.0487. The molecule has 0 radical (unpaired) electrons. The van der Waals surface area contributed by atoms with Crippen LogP contribution in [0.1, 0.15) is 35.2 Å². The summed E-state index contributed by atoms with van der Waals surface area (Å²) >= 11 is 6.47. The lowest BCUT2D eigenvalue weighted by Gasteiger charge is -2.38. The minimum Gasteiger partial charge on any atom is -0.478 e. The standard InChI is InChI=1S/C22H27ClN2O4/c1-27-11-4-12-29-20-8-7-17(15-24-20)21(26)25-16-22(9-13-28-14-10-22)18-5-2-3-6-19(18)23/h2-3,5-8,15H,4,9-14,16H2,1H3,(H,25,26). The number of amides is 1. The third kappa shape index (κ3) is 5.69. The molecule has 1 aromatic heterocycles. The monoisotopic (exact) mass is 418 g/mol. The van der Waals surface area contributed by atoms with E-state index >= 15 is 0 Å². The van der Waals surface area contributed by atoms with Crippen molar-refractivity contribution in [1.82, 2.24) is 10.3 Å². The molecule has 1 N–H and O–H groups in total. The first-order valence-corrected chi connectivity index (χ1v) is 10.2. The van der Waals surface area contributed by atoms with Gasteiger partial charge in [-0.2, -0.15) is 0 Å². The number of pyridine rings is 1. The molecule has 6 nitrogen and oxygen atoms in total. The van der Waals surface area contributed by atoms with Gasteiger partial charge in [-0.25, -0.2) is 4.98 Å². The molecule has 0 atom stereocenters. The molecule has 0 aliphatic carbocycles. The molecule has 1 aliphatic rings. The summed E-state index contributed by atoms with van der Waals surface area (Å²) in [6, 6.07) is 11.3. The van der Waals surface area contributed by atoms with Crippen molar-refractivity contribution in [2.75, 3.05) is 40.1 Å². The average Bonchev–Trinajstić information content (AvgIpc) is 2.76. The van der Waals surface area contributed by atoms with Crippen LogP contribution in [0.5, 0.6) is 5.88 Å². The van der Waals surface area contributed by atoms with Gasteiger partial charge in [0.05, 0.1) is 12.2 Å². The molecule has 2 heterocycles. The van der Waals surface area contributed by atoms with E-state index in [-0.39, 0.29) is 11.3 Å². The van der Waals surface area contributed by atoms with E-state index in [0.717, 1.165) is 29.8 Å². The van der Waals surface area contributed by atoms with E-state index in [1.807, 2.05) is 24.3 Å². The number of halogens is 1. The highest BCUT2D eigenvalue weighted by atomic mass is 35.5. The number of benzene rings is 1. The van der Waals surface area contributed by atoms with Gasteiger partial charge in [0.1, 0.15) is 0 Å². The van der Waals surface area contributed by atoms with Crippen molar-refractivity contribution < 1.29 is 19.0 Å². The van der Waals surface area contributed by atoms with Gasteiger partial charge in [0, 0.05) is 62.6 Å². The molecule has 1 aromatic carbocycles. The third-order valence-electron chi connectivity index (χ3n) is 5.22. The van der Waals surface area contributed by atoms with Gasteiger partial charge in [0.2, 0.25) is 5.88 Å². The Hall–Kier alpha value is -2.15. The van der Waals surface area contributed by atoms with Gasteiger partial charge in [-0.15, -0.1) is 0 Å². The second kappa shape index (κ2) is 10.6. The van der Waals surface area contributed by atoms with Gasteiger partial charge in [-0.3, -0.25) is 4.79 Å². The summed E-state index contributed by atoms with van der Waals surface area (Å²) in [4.78, 5) is 16.9. The first kappa shape index (κ1) is 21.6. The molecule has 29 heavy (non-hydrogen) atoms. The Morgan fingerprint density at radius 1 is 1.21 bits per heavy atom. The zero-order valence-electron chi connectivity index (χ0n) is 16.7. The van der Waals surface area contributed by atoms with Crippen molar-refractivity contribution in [3.05, 3.63) is 58.7 Å². The minimum absolute atomic E-state index is 0.165. The van der Waals surface area contributed by atoms with E-state index in [1.54, 1.807) is 19.2 Å². The number of carbonyl (C=O) groups excluding carboxylic acids is 1. The molecular formula is C22H27ClN2O4. The molecule has 0 unspecified atom stereocenters. The summed E-state index contributed by atoms with van der Waals surface area (Å²) < 4.78 is 16.1. The largest absolute Gasteiger partial charge is 0.478 e. The van der Waals surface area contributed by atoms with Gasteiger partial charge >= 0.3 is 0 Å². The topological polar surface area (TPSA) is 69.7 Å². The highest BCUT2D eigenvalue weighted by Gasteiger charge is 2.36. The number of rotatable bonds is 9. The number of nitrogens with one attached hydrogen (secondary N) is 1. The van der Waals surface area contributed by atoms with Crippen molar-refractivity contribution in [2.24, 2.45) is 0 Å². The van der Waals surface area contributed by atoms with Gasteiger partial charge < -0.3 is 19.5 Å². The maximum Gasteiger partial charge on any atom is 0.252 e. The number of aromatic nitrogens is 1. The average molecular weight is 419 g/mol. The van der Waals surface area contributed by atoms with E-state index in [1.165, 1.54) is 6.20 Å². The van der Waals surface area contributed by atoms with Crippen LogP contribution in [-0.2, 0) is 14.9 Å². The first-order valence-electron chi connectivity index (χ1n) is 9.83. The van der Waals surface area contributed by atoms with E-state index in [2.05, 4.69) is 10.3 Å². The SMILES string of the molecule is COCCCOc1ccc(C(=O)NCC2(c3ccccc3Cl)CCOCC2)cn1. The predicted octanol–water partition coefficient (Wildman–Crippen LogP) is 3.63. The zero-order chi connectivity index (χ0) is 20.5. The molecule has 156 valence electrons. The highest BCUT2D eigenvalue weighted by molar-refractivity contribution is 6.31.